The van der Waals surface area contributed by atoms with E-state index in [9.17, 15) is 9.59 Å². The Bertz CT molecular complexity index is 1210. The third-order valence-corrected chi connectivity index (χ3v) is 8.59. The molecule has 3 aromatic rings. The van der Waals surface area contributed by atoms with Gasteiger partial charge >= 0.3 is 0 Å². The quantitative estimate of drug-likeness (QED) is 0.155. The van der Waals surface area contributed by atoms with Crippen molar-refractivity contribution in [1.29, 1.82) is 0 Å². The van der Waals surface area contributed by atoms with Crippen LogP contribution in [0.1, 0.15) is 46.1 Å². The summed E-state index contributed by atoms with van der Waals surface area (Å²) < 4.78 is 5.35. The fourth-order valence-corrected chi connectivity index (χ4v) is 6.55. The van der Waals surface area contributed by atoms with Crippen LogP contribution in [0.4, 0.5) is 0 Å². The van der Waals surface area contributed by atoms with Crippen LogP contribution in [0.25, 0.3) is 0 Å². The van der Waals surface area contributed by atoms with Gasteiger partial charge in [-0.15, -0.1) is 23.5 Å². The van der Waals surface area contributed by atoms with Gasteiger partial charge in [-0.3, -0.25) is 9.59 Å². The molecule has 2 amide bonds. The molecule has 218 valence electrons. The van der Waals surface area contributed by atoms with E-state index in [1.165, 1.54) is 0 Å². The molecule has 0 bridgehead atoms. The first-order chi connectivity index (χ1) is 19.7. The number of allylic oxidation sites excluding steroid dienone is 1. The number of amides is 2. The number of benzene rings is 3. The van der Waals surface area contributed by atoms with Crippen molar-refractivity contribution in [2.75, 3.05) is 18.6 Å². The highest BCUT2D eigenvalue weighted by molar-refractivity contribution is 7.99. The summed E-state index contributed by atoms with van der Waals surface area (Å²) in [6, 6.07) is 28.1. The number of hydrogen-bond acceptors (Lipinski definition) is 5. The summed E-state index contributed by atoms with van der Waals surface area (Å²) in [5.74, 6) is 1.80. The number of hydrogen-bond donors (Lipinski definition) is 1. The lowest BCUT2D eigenvalue weighted by atomic mass is 9.87. The molecular formula is C34H42N2O3S2. The summed E-state index contributed by atoms with van der Waals surface area (Å²) in [7, 11) is 1.63. The predicted octanol–water partition coefficient (Wildman–Crippen LogP) is 7.62. The first-order valence-electron chi connectivity index (χ1n) is 13.9. The molecule has 0 radical (unpaired) electrons. The maximum Gasteiger partial charge on any atom is 0.247 e. The van der Waals surface area contributed by atoms with Crippen molar-refractivity contribution in [2.24, 2.45) is 0 Å². The summed E-state index contributed by atoms with van der Waals surface area (Å²) in [6.45, 7) is 8.08. The van der Waals surface area contributed by atoms with Gasteiger partial charge < -0.3 is 15.0 Å². The van der Waals surface area contributed by atoms with Crippen molar-refractivity contribution >= 4 is 35.3 Å². The van der Waals surface area contributed by atoms with Gasteiger partial charge in [-0.1, -0.05) is 54.6 Å². The van der Waals surface area contributed by atoms with Crippen molar-refractivity contribution in [3.05, 3.63) is 103 Å². The van der Waals surface area contributed by atoms with Crippen LogP contribution < -0.4 is 10.1 Å². The lowest BCUT2D eigenvalue weighted by Crippen LogP contribution is -2.63. The first-order valence-corrected chi connectivity index (χ1v) is 15.9. The normalized spacial score (nSPS) is 11.8. The first kappa shape index (κ1) is 32.4. The smallest absolute Gasteiger partial charge is 0.247 e. The second-order valence-corrected chi connectivity index (χ2v) is 13.2. The number of ether oxygens (including phenoxy) is 1. The lowest BCUT2D eigenvalue weighted by molar-refractivity contribution is -0.147. The van der Waals surface area contributed by atoms with Crippen molar-refractivity contribution in [2.45, 2.75) is 68.0 Å². The van der Waals surface area contributed by atoms with E-state index in [1.54, 1.807) is 47.7 Å². The highest BCUT2D eigenvalue weighted by atomic mass is 32.2. The number of thioether (sulfide) groups is 2. The maximum absolute atomic E-state index is 14.4. The van der Waals surface area contributed by atoms with Crippen LogP contribution in [0, 0.1) is 0 Å². The summed E-state index contributed by atoms with van der Waals surface area (Å²) in [5, 5.41) is 3.24. The molecule has 3 aromatic carbocycles. The van der Waals surface area contributed by atoms with Gasteiger partial charge in [0, 0.05) is 33.4 Å². The zero-order chi connectivity index (χ0) is 29.7. The van der Waals surface area contributed by atoms with Crippen molar-refractivity contribution in [3.63, 3.8) is 0 Å². The van der Waals surface area contributed by atoms with Gasteiger partial charge in [0.25, 0.3) is 0 Å². The number of carbonyl (C=O) groups excluding carboxylic acids is 2. The maximum atomic E-state index is 14.4. The summed E-state index contributed by atoms with van der Waals surface area (Å²) >= 11 is 3.41. The standard InChI is InChI=1S/C34H42N2O3S2/c1-6-13-31(37)36(26-27-18-20-28(39-5)21-19-27)34(32(38)35-33(2,3)4,22-24-40-29-14-9-7-10-15-29)23-25-41-30-16-11-8-12-17-30/h6-21H,22-26H2,1-5H3,(H,35,38)/b13-6+. The summed E-state index contributed by atoms with van der Waals surface area (Å²) in [6.07, 6.45) is 4.32. The Labute approximate surface area is 254 Å². The molecule has 0 saturated heterocycles. The third-order valence-electron chi connectivity index (χ3n) is 6.56. The van der Waals surface area contributed by atoms with Gasteiger partial charge in [0.1, 0.15) is 11.3 Å². The van der Waals surface area contributed by atoms with Crippen LogP contribution in [0.3, 0.4) is 0 Å². The van der Waals surface area contributed by atoms with Crippen LogP contribution >= 0.6 is 23.5 Å². The Morgan fingerprint density at radius 2 is 1.34 bits per heavy atom. The number of nitrogens with zero attached hydrogens (tertiary/aromatic N) is 1. The van der Waals surface area contributed by atoms with Gasteiger partial charge in [-0.25, -0.2) is 0 Å². The zero-order valence-electron chi connectivity index (χ0n) is 24.8. The molecule has 0 saturated carbocycles. The van der Waals surface area contributed by atoms with Gasteiger partial charge in [0.05, 0.1) is 7.11 Å². The van der Waals surface area contributed by atoms with Crippen LogP contribution in [0.15, 0.2) is 107 Å². The molecule has 0 aliphatic heterocycles. The van der Waals surface area contributed by atoms with Crippen LogP contribution in [0.2, 0.25) is 0 Å². The molecule has 7 heteroatoms. The van der Waals surface area contributed by atoms with Gasteiger partial charge in [0.15, 0.2) is 0 Å². The van der Waals surface area contributed by atoms with E-state index in [0.717, 1.165) is 21.1 Å². The molecule has 1 N–H and O–H groups in total. The number of carbonyl (C=O) groups is 2. The van der Waals surface area contributed by atoms with E-state index in [1.807, 2.05) is 88.4 Å². The minimum absolute atomic E-state index is 0.126. The monoisotopic (exact) mass is 590 g/mol. The molecule has 0 heterocycles. The molecule has 5 nitrogen and oxygen atoms in total. The van der Waals surface area contributed by atoms with E-state index in [-0.39, 0.29) is 11.8 Å². The zero-order valence-corrected chi connectivity index (χ0v) is 26.4. The Kier molecular flexibility index (Phi) is 12.4. The molecule has 0 unspecified atom stereocenters. The number of nitrogens with one attached hydrogen (secondary N) is 1. The van der Waals surface area contributed by atoms with Gasteiger partial charge in [-0.05, 0) is 88.6 Å². The summed E-state index contributed by atoms with van der Waals surface area (Å²) in [5.41, 5.74) is -0.604. The van der Waals surface area contributed by atoms with E-state index < -0.39 is 11.1 Å². The molecule has 0 spiro atoms. The highest BCUT2D eigenvalue weighted by Gasteiger charge is 2.46. The Hall–Kier alpha value is -3.16. The third kappa shape index (κ3) is 10.0. The minimum Gasteiger partial charge on any atom is -0.497 e. The molecular weight excluding hydrogens is 549 g/mol. The Morgan fingerprint density at radius 1 is 0.829 bits per heavy atom. The van der Waals surface area contributed by atoms with Crippen molar-refractivity contribution in [1.82, 2.24) is 10.2 Å². The minimum atomic E-state index is -1.08. The summed E-state index contributed by atoms with van der Waals surface area (Å²) in [4.78, 5) is 32.4. The molecule has 3 rings (SSSR count). The Morgan fingerprint density at radius 3 is 1.78 bits per heavy atom. The molecule has 0 aromatic heterocycles. The second-order valence-electron chi connectivity index (χ2n) is 10.8. The average Bonchev–Trinajstić information content (AvgIpc) is 2.96. The van der Waals surface area contributed by atoms with E-state index >= 15 is 0 Å². The highest BCUT2D eigenvalue weighted by Crippen LogP contribution is 2.34. The number of rotatable bonds is 14. The molecule has 0 fully saturated rings. The lowest BCUT2D eigenvalue weighted by Gasteiger charge is -2.44. The van der Waals surface area contributed by atoms with Crippen molar-refractivity contribution in [3.8, 4) is 5.75 Å². The van der Waals surface area contributed by atoms with Gasteiger partial charge in [-0.2, -0.15) is 0 Å². The number of methoxy groups -OCH3 is 1. The van der Waals surface area contributed by atoms with Crippen LogP contribution in [-0.2, 0) is 16.1 Å². The molecule has 0 aliphatic carbocycles. The second kappa shape index (κ2) is 15.7. The van der Waals surface area contributed by atoms with Crippen LogP contribution in [0.5, 0.6) is 5.75 Å². The van der Waals surface area contributed by atoms with E-state index in [4.69, 9.17) is 4.74 Å². The van der Waals surface area contributed by atoms with Gasteiger partial charge in [0.2, 0.25) is 11.8 Å². The predicted molar refractivity (Wildman–Crippen MR) is 173 cm³/mol. The SMILES string of the molecule is C/C=C/C(=O)N(Cc1ccc(OC)cc1)C(CCSc1ccccc1)(CCSc1ccccc1)C(=O)NC(C)(C)C. The molecule has 0 atom stereocenters. The largest absolute Gasteiger partial charge is 0.497 e. The average molecular weight is 591 g/mol. The Balaban J connectivity index is 2.05. The molecule has 0 aliphatic rings. The van der Waals surface area contributed by atoms with Crippen LogP contribution in [-0.4, -0.2) is 46.4 Å². The fourth-order valence-electron chi connectivity index (χ4n) is 4.50. The van der Waals surface area contributed by atoms with Crippen molar-refractivity contribution < 1.29 is 14.3 Å². The van der Waals surface area contributed by atoms with E-state index in [0.29, 0.717) is 30.9 Å². The van der Waals surface area contributed by atoms with E-state index in [2.05, 4.69) is 29.6 Å². The topological polar surface area (TPSA) is 58.6 Å². The fraction of sp³-hybridized carbons (Fsp3) is 0.353. The molecule has 41 heavy (non-hydrogen) atoms.